The molecule has 0 fully saturated rings. The molecule has 3 rings (SSSR count). The number of anilines is 1. The van der Waals surface area contributed by atoms with Crippen molar-refractivity contribution in [3.05, 3.63) is 64.3 Å². The smallest absolute Gasteiger partial charge is 0.291 e. The number of hydrogen-bond donors (Lipinski definition) is 1. The van der Waals surface area contributed by atoms with Crippen LogP contribution in [0.1, 0.15) is 27.6 Å². The summed E-state index contributed by atoms with van der Waals surface area (Å²) in [6, 6.07) is 8.86. The Morgan fingerprint density at radius 3 is 2.80 bits per heavy atom. The summed E-state index contributed by atoms with van der Waals surface area (Å²) in [4.78, 5) is 12.3. The zero-order valence-electron chi connectivity index (χ0n) is 14.2. The zero-order chi connectivity index (χ0) is 18.0. The Morgan fingerprint density at radius 2 is 2.12 bits per heavy atom. The molecule has 1 amide bonds. The van der Waals surface area contributed by atoms with E-state index in [1.165, 1.54) is 0 Å². The molecule has 0 aliphatic rings. The van der Waals surface area contributed by atoms with Gasteiger partial charge in [-0.1, -0.05) is 23.7 Å². The highest BCUT2D eigenvalue weighted by Gasteiger charge is 2.15. The van der Waals surface area contributed by atoms with Crippen LogP contribution in [-0.2, 0) is 13.7 Å². The second kappa shape index (κ2) is 7.03. The van der Waals surface area contributed by atoms with Gasteiger partial charge < -0.3 is 14.5 Å². The molecule has 2 aromatic heterocycles. The van der Waals surface area contributed by atoms with Crippen LogP contribution in [0, 0.1) is 13.8 Å². The Morgan fingerprint density at radius 1 is 1.32 bits per heavy atom. The summed E-state index contributed by atoms with van der Waals surface area (Å²) < 4.78 is 12.9. The molecule has 0 spiro atoms. The maximum Gasteiger partial charge on any atom is 0.291 e. The van der Waals surface area contributed by atoms with Gasteiger partial charge in [0.2, 0.25) is 0 Å². The van der Waals surface area contributed by atoms with Crippen LogP contribution in [0.15, 0.2) is 40.9 Å². The van der Waals surface area contributed by atoms with E-state index >= 15 is 0 Å². The molecule has 1 aromatic carbocycles. The highest BCUT2D eigenvalue weighted by atomic mass is 35.5. The molecule has 0 aliphatic heterocycles. The maximum absolute atomic E-state index is 12.3. The molecule has 0 radical (unpaired) electrons. The van der Waals surface area contributed by atoms with Gasteiger partial charge in [0.15, 0.2) is 5.76 Å². The minimum atomic E-state index is -0.337. The number of benzene rings is 1. The van der Waals surface area contributed by atoms with Crippen molar-refractivity contribution in [1.82, 2.24) is 9.78 Å². The number of para-hydroxylation sites is 1. The number of rotatable bonds is 5. The summed E-state index contributed by atoms with van der Waals surface area (Å²) in [5.41, 5.74) is 2.32. The van der Waals surface area contributed by atoms with Gasteiger partial charge in [-0.15, -0.1) is 0 Å². The van der Waals surface area contributed by atoms with E-state index in [-0.39, 0.29) is 18.3 Å². The van der Waals surface area contributed by atoms with E-state index in [0.29, 0.717) is 22.2 Å². The highest BCUT2D eigenvalue weighted by Crippen LogP contribution is 2.28. The highest BCUT2D eigenvalue weighted by molar-refractivity contribution is 6.32. The number of amides is 1. The Hall–Kier alpha value is -2.73. The van der Waals surface area contributed by atoms with Crippen LogP contribution in [0.4, 0.5) is 5.69 Å². The van der Waals surface area contributed by atoms with E-state index in [1.807, 2.05) is 26.0 Å². The van der Waals surface area contributed by atoms with E-state index in [0.717, 1.165) is 11.3 Å². The molecular weight excluding hydrogens is 342 g/mol. The molecule has 0 atom stereocenters. The second-order valence-corrected chi connectivity index (χ2v) is 6.10. The van der Waals surface area contributed by atoms with Crippen molar-refractivity contribution in [1.29, 1.82) is 0 Å². The third kappa shape index (κ3) is 3.85. The van der Waals surface area contributed by atoms with Crippen LogP contribution in [-0.4, -0.2) is 15.7 Å². The quantitative estimate of drug-likeness (QED) is 0.744. The fourth-order valence-electron chi connectivity index (χ4n) is 2.43. The normalized spacial score (nSPS) is 10.7. The Kier molecular flexibility index (Phi) is 4.81. The summed E-state index contributed by atoms with van der Waals surface area (Å²) in [6.07, 6.45) is 1.74. The van der Waals surface area contributed by atoms with Gasteiger partial charge in [0, 0.05) is 13.2 Å². The molecule has 3 aromatic rings. The van der Waals surface area contributed by atoms with Crippen molar-refractivity contribution in [2.75, 3.05) is 5.32 Å². The van der Waals surface area contributed by atoms with Crippen LogP contribution >= 0.6 is 11.6 Å². The first-order valence-electron chi connectivity index (χ1n) is 7.72. The molecule has 0 unspecified atom stereocenters. The molecule has 0 aliphatic carbocycles. The van der Waals surface area contributed by atoms with E-state index in [1.54, 1.807) is 36.1 Å². The molecule has 0 bridgehead atoms. The molecule has 25 heavy (non-hydrogen) atoms. The van der Waals surface area contributed by atoms with Gasteiger partial charge in [0.05, 0.1) is 16.4 Å². The number of nitrogens with zero attached hydrogens (tertiary/aromatic N) is 2. The molecule has 7 heteroatoms. The average Bonchev–Trinajstić information content (AvgIpc) is 3.14. The number of ether oxygens (including phenoxy) is 1. The molecule has 1 N–H and O–H groups in total. The first-order chi connectivity index (χ1) is 11.9. The standard InChI is InChI=1S/C18H18ClN3O3/c1-11-5-4-6-14(19)17(11)24-10-13-7-8-16(25-13)18(23)20-15-9-22(3)21-12(15)2/h4-9H,10H2,1-3H3,(H,20,23). The average molecular weight is 360 g/mol. The van der Waals surface area contributed by atoms with Crippen LogP contribution in [0.2, 0.25) is 5.02 Å². The predicted octanol–water partition coefficient (Wildman–Crippen LogP) is 4.11. The lowest BCUT2D eigenvalue weighted by atomic mass is 10.2. The van der Waals surface area contributed by atoms with Crippen molar-refractivity contribution < 1.29 is 13.9 Å². The Bertz CT molecular complexity index is 894. The van der Waals surface area contributed by atoms with Crippen LogP contribution in [0.3, 0.4) is 0 Å². The fraction of sp³-hybridized carbons (Fsp3) is 0.222. The second-order valence-electron chi connectivity index (χ2n) is 5.70. The van der Waals surface area contributed by atoms with Crippen molar-refractivity contribution in [2.45, 2.75) is 20.5 Å². The lowest BCUT2D eigenvalue weighted by Gasteiger charge is -2.09. The van der Waals surface area contributed by atoms with E-state index < -0.39 is 0 Å². The molecule has 0 saturated carbocycles. The molecule has 130 valence electrons. The van der Waals surface area contributed by atoms with Crippen molar-refractivity contribution >= 4 is 23.2 Å². The number of halogens is 1. The summed E-state index contributed by atoms with van der Waals surface area (Å²) in [6.45, 7) is 3.92. The SMILES string of the molecule is Cc1cccc(Cl)c1OCc1ccc(C(=O)Nc2cn(C)nc2C)o1. The zero-order valence-corrected chi connectivity index (χ0v) is 14.9. The first kappa shape index (κ1) is 17.1. The Balaban J connectivity index is 1.66. The summed E-state index contributed by atoms with van der Waals surface area (Å²) in [5.74, 6) is 1.01. The van der Waals surface area contributed by atoms with E-state index in [4.69, 9.17) is 20.8 Å². The van der Waals surface area contributed by atoms with Gasteiger partial charge in [-0.25, -0.2) is 0 Å². The summed E-state index contributed by atoms with van der Waals surface area (Å²) >= 11 is 6.13. The van der Waals surface area contributed by atoms with Gasteiger partial charge >= 0.3 is 0 Å². The number of aromatic nitrogens is 2. The van der Waals surface area contributed by atoms with Crippen molar-refractivity contribution in [2.24, 2.45) is 7.05 Å². The Labute approximate surface area is 150 Å². The molecule has 2 heterocycles. The minimum Gasteiger partial charge on any atom is -0.484 e. The lowest BCUT2D eigenvalue weighted by Crippen LogP contribution is -2.11. The first-order valence-corrected chi connectivity index (χ1v) is 8.10. The topological polar surface area (TPSA) is 69.3 Å². The molecule has 6 nitrogen and oxygen atoms in total. The number of furan rings is 1. The molecular formula is C18H18ClN3O3. The van der Waals surface area contributed by atoms with Crippen molar-refractivity contribution in [3.8, 4) is 5.75 Å². The fourth-order valence-corrected chi connectivity index (χ4v) is 2.70. The minimum absolute atomic E-state index is 0.184. The monoisotopic (exact) mass is 359 g/mol. The van der Waals surface area contributed by atoms with Gasteiger partial charge in [0.1, 0.15) is 18.1 Å². The van der Waals surface area contributed by atoms with E-state index in [9.17, 15) is 4.79 Å². The lowest BCUT2D eigenvalue weighted by molar-refractivity contribution is 0.0992. The van der Waals surface area contributed by atoms with E-state index in [2.05, 4.69) is 10.4 Å². The number of carbonyl (C=O) groups excluding carboxylic acids is 1. The summed E-state index contributed by atoms with van der Waals surface area (Å²) in [5, 5.41) is 7.49. The maximum atomic E-state index is 12.3. The van der Waals surface area contributed by atoms with Crippen LogP contribution in [0.25, 0.3) is 0 Å². The van der Waals surface area contributed by atoms with Crippen molar-refractivity contribution in [3.63, 3.8) is 0 Å². The van der Waals surface area contributed by atoms with Gasteiger partial charge in [-0.3, -0.25) is 9.48 Å². The van der Waals surface area contributed by atoms with Gasteiger partial charge in [-0.05, 0) is 37.6 Å². The third-order valence-corrected chi connectivity index (χ3v) is 3.97. The third-order valence-electron chi connectivity index (χ3n) is 3.67. The molecule has 0 saturated heterocycles. The van der Waals surface area contributed by atoms with Crippen LogP contribution < -0.4 is 10.1 Å². The number of aryl methyl sites for hydroxylation is 3. The van der Waals surface area contributed by atoms with Crippen LogP contribution in [0.5, 0.6) is 5.75 Å². The number of hydrogen-bond acceptors (Lipinski definition) is 4. The van der Waals surface area contributed by atoms with Gasteiger partial charge in [-0.2, -0.15) is 5.10 Å². The largest absolute Gasteiger partial charge is 0.484 e. The predicted molar refractivity (Wildman–Crippen MR) is 95.1 cm³/mol. The van der Waals surface area contributed by atoms with Gasteiger partial charge in [0.25, 0.3) is 5.91 Å². The summed E-state index contributed by atoms with van der Waals surface area (Å²) in [7, 11) is 1.79. The number of nitrogens with one attached hydrogen (secondary N) is 1. The number of carbonyl (C=O) groups is 1.